The van der Waals surface area contributed by atoms with E-state index in [1.54, 1.807) is 11.3 Å². The van der Waals surface area contributed by atoms with E-state index in [2.05, 4.69) is 51.8 Å². The van der Waals surface area contributed by atoms with Gasteiger partial charge in [0, 0.05) is 22.7 Å². The van der Waals surface area contributed by atoms with E-state index in [4.69, 9.17) is 0 Å². The predicted molar refractivity (Wildman–Crippen MR) is 97.5 cm³/mol. The third-order valence-corrected chi connectivity index (χ3v) is 5.83. The summed E-state index contributed by atoms with van der Waals surface area (Å²) in [7, 11) is 0. The van der Waals surface area contributed by atoms with Gasteiger partial charge in [-0.15, -0.1) is 11.3 Å². The monoisotopic (exact) mass is 346 g/mol. The molecule has 6 heteroatoms. The van der Waals surface area contributed by atoms with Crippen molar-refractivity contribution in [2.24, 2.45) is 0 Å². The summed E-state index contributed by atoms with van der Waals surface area (Å²) in [5.41, 5.74) is 2.85. The van der Waals surface area contributed by atoms with E-state index < -0.39 is 0 Å². The second kappa shape index (κ2) is 7.94. The van der Waals surface area contributed by atoms with Crippen LogP contribution >= 0.6 is 11.3 Å². The summed E-state index contributed by atoms with van der Waals surface area (Å²) in [5, 5.41) is 12.5. The van der Waals surface area contributed by atoms with Crippen LogP contribution in [0.4, 0.5) is 0 Å². The molecule has 130 valence electrons. The van der Waals surface area contributed by atoms with Crippen molar-refractivity contribution in [1.29, 1.82) is 0 Å². The fraction of sp³-hybridized carbons (Fsp3) is 0.556. The van der Waals surface area contributed by atoms with Crippen LogP contribution in [0.2, 0.25) is 0 Å². The van der Waals surface area contributed by atoms with Gasteiger partial charge in [0.05, 0.1) is 6.04 Å². The first-order valence-electron chi connectivity index (χ1n) is 8.86. The summed E-state index contributed by atoms with van der Waals surface area (Å²) in [6.07, 6.45) is 4.29. The number of nitrogens with zero attached hydrogens (tertiary/aromatic N) is 2. The van der Waals surface area contributed by atoms with Crippen molar-refractivity contribution in [2.45, 2.75) is 45.6 Å². The minimum atomic E-state index is -0.0527. The first kappa shape index (κ1) is 17.2. The number of likely N-dealkylation sites (N-methyl/N-ethyl adjacent to an activating group) is 1. The van der Waals surface area contributed by atoms with Gasteiger partial charge in [0.1, 0.15) is 0 Å². The Bertz CT molecular complexity index is 661. The summed E-state index contributed by atoms with van der Waals surface area (Å²) in [6.45, 7) is 6.87. The molecule has 1 unspecified atom stereocenters. The molecule has 1 atom stereocenters. The molecule has 2 aromatic rings. The number of nitrogens with one attached hydrogen (secondary N) is 2. The van der Waals surface area contributed by atoms with Gasteiger partial charge in [-0.1, -0.05) is 19.9 Å². The molecular weight excluding hydrogens is 320 g/mol. The number of carbonyl (C=O) groups is 1. The van der Waals surface area contributed by atoms with Crippen LogP contribution in [0, 0.1) is 0 Å². The Morgan fingerprint density at radius 3 is 2.88 bits per heavy atom. The number of amides is 1. The van der Waals surface area contributed by atoms with Crippen LogP contribution < -0.4 is 5.32 Å². The van der Waals surface area contributed by atoms with Gasteiger partial charge in [-0.3, -0.25) is 14.8 Å². The van der Waals surface area contributed by atoms with Gasteiger partial charge in [-0.2, -0.15) is 5.10 Å². The summed E-state index contributed by atoms with van der Waals surface area (Å²) in [6, 6.07) is 4.44. The van der Waals surface area contributed by atoms with Crippen molar-refractivity contribution in [1.82, 2.24) is 20.4 Å². The second-order valence-electron chi connectivity index (χ2n) is 6.20. The Hall–Kier alpha value is -1.66. The largest absolute Gasteiger partial charge is 0.349 e. The molecule has 0 aromatic carbocycles. The van der Waals surface area contributed by atoms with E-state index in [-0.39, 0.29) is 11.9 Å². The quantitative estimate of drug-likeness (QED) is 0.809. The van der Waals surface area contributed by atoms with Gasteiger partial charge < -0.3 is 5.32 Å². The van der Waals surface area contributed by atoms with Crippen LogP contribution in [-0.4, -0.2) is 40.6 Å². The molecule has 1 aliphatic rings. The summed E-state index contributed by atoms with van der Waals surface area (Å²) >= 11 is 1.75. The van der Waals surface area contributed by atoms with Crippen molar-refractivity contribution in [3.8, 4) is 0 Å². The van der Waals surface area contributed by atoms with Gasteiger partial charge in [-0.25, -0.2) is 0 Å². The van der Waals surface area contributed by atoms with Gasteiger partial charge in [0.15, 0.2) is 5.69 Å². The molecule has 5 nitrogen and oxygen atoms in total. The van der Waals surface area contributed by atoms with E-state index in [1.165, 1.54) is 11.3 Å². The second-order valence-corrected chi connectivity index (χ2v) is 7.18. The molecule has 0 saturated heterocycles. The fourth-order valence-corrected chi connectivity index (χ4v) is 4.36. The third-order valence-electron chi connectivity index (χ3n) is 4.85. The van der Waals surface area contributed by atoms with Crippen LogP contribution in [0.15, 0.2) is 17.5 Å². The van der Waals surface area contributed by atoms with Crippen LogP contribution in [-0.2, 0) is 12.8 Å². The van der Waals surface area contributed by atoms with E-state index in [0.29, 0.717) is 12.2 Å². The lowest BCUT2D eigenvalue weighted by Crippen LogP contribution is -2.38. The number of aryl methyl sites for hydroxylation is 1. The maximum atomic E-state index is 12.6. The molecule has 0 bridgehead atoms. The molecule has 2 aromatic heterocycles. The number of thiophene rings is 1. The SMILES string of the molecule is CCN(CC)C(CNC(=O)c1n[nH]c2c1CCCC2)c1cccs1. The summed E-state index contributed by atoms with van der Waals surface area (Å²) in [5.74, 6) is -0.0527. The number of aromatic nitrogens is 2. The molecule has 2 heterocycles. The fourth-order valence-electron chi connectivity index (χ4n) is 3.50. The Kier molecular flexibility index (Phi) is 5.68. The number of carbonyl (C=O) groups excluding carboxylic acids is 1. The zero-order valence-corrected chi connectivity index (χ0v) is 15.3. The molecule has 0 aliphatic heterocycles. The van der Waals surface area contributed by atoms with Crippen molar-refractivity contribution in [3.63, 3.8) is 0 Å². The zero-order chi connectivity index (χ0) is 16.9. The number of hydrogen-bond donors (Lipinski definition) is 2. The Labute approximate surface area is 147 Å². The lowest BCUT2D eigenvalue weighted by molar-refractivity contribution is 0.0929. The first-order valence-corrected chi connectivity index (χ1v) is 9.74. The molecule has 24 heavy (non-hydrogen) atoms. The number of fused-ring (bicyclic) bond motifs is 1. The number of aromatic amines is 1. The predicted octanol–water partition coefficient (Wildman–Crippen LogP) is 3.16. The maximum Gasteiger partial charge on any atom is 0.272 e. The number of hydrogen-bond acceptors (Lipinski definition) is 4. The van der Waals surface area contributed by atoms with E-state index in [9.17, 15) is 4.79 Å². The number of rotatable bonds is 7. The normalized spacial score (nSPS) is 15.3. The highest BCUT2D eigenvalue weighted by Crippen LogP contribution is 2.25. The average molecular weight is 347 g/mol. The molecule has 0 radical (unpaired) electrons. The molecule has 3 rings (SSSR count). The van der Waals surface area contributed by atoms with Crippen molar-refractivity contribution in [3.05, 3.63) is 39.3 Å². The third kappa shape index (κ3) is 3.54. The molecule has 0 spiro atoms. The maximum absolute atomic E-state index is 12.6. The van der Waals surface area contributed by atoms with E-state index in [0.717, 1.165) is 43.6 Å². The minimum Gasteiger partial charge on any atom is -0.349 e. The Balaban J connectivity index is 1.70. The van der Waals surface area contributed by atoms with Crippen LogP contribution in [0.25, 0.3) is 0 Å². The topological polar surface area (TPSA) is 61.0 Å². The van der Waals surface area contributed by atoms with Crippen molar-refractivity contribution in [2.75, 3.05) is 19.6 Å². The highest BCUT2D eigenvalue weighted by atomic mass is 32.1. The molecule has 2 N–H and O–H groups in total. The summed E-state index contributed by atoms with van der Waals surface area (Å²) < 4.78 is 0. The van der Waals surface area contributed by atoms with Gasteiger partial charge in [0.25, 0.3) is 5.91 Å². The lowest BCUT2D eigenvalue weighted by Gasteiger charge is -2.29. The van der Waals surface area contributed by atoms with Gasteiger partial charge in [-0.05, 0) is 50.2 Å². The molecule has 0 fully saturated rings. The standard InChI is InChI=1S/C18H26N4OS/c1-3-22(4-2)15(16-10-7-11-24-16)12-19-18(23)17-13-8-5-6-9-14(13)20-21-17/h7,10-11,15H,3-6,8-9,12H2,1-2H3,(H,19,23)(H,20,21). The highest BCUT2D eigenvalue weighted by Gasteiger charge is 2.24. The smallest absolute Gasteiger partial charge is 0.272 e. The minimum absolute atomic E-state index is 0.0527. The average Bonchev–Trinajstić information content (AvgIpc) is 3.27. The molecule has 0 saturated carbocycles. The van der Waals surface area contributed by atoms with Crippen LogP contribution in [0.3, 0.4) is 0 Å². The first-order chi connectivity index (χ1) is 11.7. The van der Waals surface area contributed by atoms with Gasteiger partial charge >= 0.3 is 0 Å². The Morgan fingerprint density at radius 1 is 1.38 bits per heavy atom. The van der Waals surface area contributed by atoms with Crippen LogP contribution in [0.5, 0.6) is 0 Å². The van der Waals surface area contributed by atoms with E-state index in [1.807, 2.05) is 0 Å². The summed E-state index contributed by atoms with van der Waals surface area (Å²) in [4.78, 5) is 16.3. The molecule has 1 aliphatic carbocycles. The zero-order valence-electron chi connectivity index (χ0n) is 14.5. The highest BCUT2D eigenvalue weighted by molar-refractivity contribution is 7.10. The van der Waals surface area contributed by atoms with Crippen molar-refractivity contribution < 1.29 is 4.79 Å². The number of H-pyrrole nitrogens is 1. The Morgan fingerprint density at radius 2 is 2.17 bits per heavy atom. The van der Waals surface area contributed by atoms with Crippen LogP contribution in [0.1, 0.15) is 59.4 Å². The van der Waals surface area contributed by atoms with E-state index >= 15 is 0 Å². The molecule has 1 amide bonds. The lowest BCUT2D eigenvalue weighted by atomic mass is 9.96. The van der Waals surface area contributed by atoms with Crippen molar-refractivity contribution >= 4 is 17.2 Å². The molecular formula is C18H26N4OS. The van der Waals surface area contributed by atoms with Gasteiger partial charge in [0.2, 0.25) is 0 Å².